The molecule has 2 heterocycles. The Morgan fingerprint density at radius 2 is 2.09 bits per heavy atom. The third-order valence-corrected chi connectivity index (χ3v) is 3.47. The molecule has 8 heteroatoms. The van der Waals surface area contributed by atoms with E-state index in [9.17, 15) is 4.79 Å². The Bertz CT molecular complexity index is 810. The normalized spacial score (nSPS) is 10.7. The van der Waals surface area contributed by atoms with Crippen LogP contribution in [0.4, 0.5) is 5.69 Å². The quantitative estimate of drug-likeness (QED) is 0.779. The predicted molar refractivity (Wildman–Crippen MR) is 87.0 cm³/mol. The Balaban J connectivity index is 1.70. The maximum absolute atomic E-state index is 12.1. The Morgan fingerprint density at radius 3 is 2.78 bits per heavy atom. The van der Waals surface area contributed by atoms with E-state index in [1.165, 1.54) is 4.68 Å². The first-order chi connectivity index (χ1) is 11.2. The maximum atomic E-state index is 12.1. The van der Waals surface area contributed by atoms with Crippen LogP contribution in [-0.2, 0) is 17.9 Å². The molecule has 118 valence electrons. The first-order valence-corrected chi connectivity index (χ1v) is 7.51. The highest BCUT2D eigenvalue weighted by Crippen LogP contribution is 2.17. The van der Waals surface area contributed by atoms with Crippen molar-refractivity contribution in [3.8, 4) is 11.4 Å². The van der Waals surface area contributed by atoms with E-state index in [0.29, 0.717) is 11.5 Å². The third-order valence-electron chi connectivity index (χ3n) is 3.19. The summed E-state index contributed by atoms with van der Waals surface area (Å²) in [5, 5.41) is 11.3. The fourth-order valence-electron chi connectivity index (χ4n) is 2.07. The molecule has 2 aromatic heterocycles. The number of amides is 1. The molecular formula is C15H15ClN6O. The van der Waals surface area contributed by atoms with Gasteiger partial charge >= 0.3 is 0 Å². The number of anilines is 1. The van der Waals surface area contributed by atoms with Gasteiger partial charge in [-0.3, -0.25) is 9.48 Å². The molecule has 23 heavy (non-hydrogen) atoms. The Labute approximate surface area is 137 Å². The van der Waals surface area contributed by atoms with E-state index in [1.54, 1.807) is 17.1 Å². The number of halogens is 1. The summed E-state index contributed by atoms with van der Waals surface area (Å²) < 4.78 is 3.09. The largest absolute Gasteiger partial charge is 0.322 e. The van der Waals surface area contributed by atoms with Crippen LogP contribution in [0.3, 0.4) is 0 Å². The second-order valence-electron chi connectivity index (χ2n) is 4.86. The smallest absolute Gasteiger partial charge is 0.246 e. The van der Waals surface area contributed by atoms with Gasteiger partial charge in [0.15, 0.2) is 5.82 Å². The van der Waals surface area contributed by atoms with Crippen molar-refractivity contribution in [2.75, 3.05) is 5.32 Å². The van der Waals surface area contributed by atoms with Crippen molar-refractivity contribution in [3.63, 3.8) is 0 Å². The standard InChI is InChI=1S/C15H15ClN6O/c1-2-21-9-12(8-17-21)18-13(23)10-22-15(16)19-14(20-22)11-6-4-3-5-7-11/h3-9H,2,10H2,1H3,(H,18,23). The summed E-state index contributed by atoms with van der Waals surface area (Å²) in [4.78, 5) is 16.3. The van der Waals surface area contributed by atoms with E-state index in [1.807, 2.05) is 37.3 Å². The molecule has 1 amide bonds. The number of nitrogens with zero attached hydrogens (tertiary/aromatic N) is 5. The van der Waals surface area contributed by atoms with Crippen LogP contribution in [0.1, 0.15) is 6.92 Å². The van der Waals surface area contributed by atoms with E-state index in [0.717, 1.165) is 12.1 Å². The average Bonchev–Trinajstić information content (AvgIpc) is 3.15. The molecule has 3 rings (SSSR count). The summed E-state index contributed by atoms with van der Waals surface area (Å²) in [6, 6.07) is 9.46. The van der Waals surface area contributed by atoms with Gasteiger partial charge in [0.05, 0.1) is 11.9 Å². The molecular weight excluding hydrogens is 316 g/mol. The van der Waals surface area contributed by atoms with Crippen LogP contribution in [0.2, 0.25) is 5.28 Å². The zero-order valence-electron chi connectivity index (χ0n) is 12.5. The highest BCUT2D eigenvalue weighted by molar-refractivity contribution is 6.28. The van der Waals surface area contributed by atoms with E-state index in [4.69, 9.17) is 11.6 Å². The van der Waals surface area contributed by atoms with Crippen molar-refractivity contribution in [3.05, 3.63) is 48.0 Å². The van der Waals surface area contributed by atoms with Crippen molar-refractivity contribution in [2.24, 2.45) is 0 Å². The summed E-state index contributed by atoms with van der Waals surface area (Å²) in [5.74, 6) is 0.245. The molecule has 0 radical (unpaired) electrons. The molecule has 0 aliphatic carbocycles. The van der Waals surface area contributed by atoms with Gasteiger partial charge in [-0.15, -0.1) is 5.10 Å². The first kappa shape index (κ1) is 15.2. The van der Waals surface area contributed by atoms with Crippen LogP contribution < -0.4 is 5.32 Å². The van der Waals surface area contributed by atoms with Gasteiger partial charge < -0.3 is 5.32 Å². The highest BCUT2D eigenvalue weighted by Gasteiger charge is 2.13. The Morgan fingerprint density at radius 1 is 1.30 bits per heavy atom. The van der Waals surface area contributed by atoms with E-state index >= 15 is 0 Å². The number of hydrogen-bond donors (Lipinski definition) is 1. The molecule has 0 spiro atoms. The molecule has 1 N–H and O–H groups in total. The molecule has 0 fully saturated rings. The number of nitrogens with one attached hydrogen (secondary N) is 1. The van der Waals surface area contributed by atoms with Gasteiger partial charge in [0, 0.05) is 18.3 Å². The lowest BCUT2D eigenvalue weighted by Gasteiger charge is -2.02. The SMILES string of the molecule is CCn1cc(NC(=O)Cn2nc(-c3ccccc3)nc2Cl)cn1. The minimum absolute atomic E-state index is 0.0179. The van der Waals surface area contributed by atoms with E-state index in [2.05, 4.69) is 20.5 Å². The van der Waals surface area contributed by atoms with Crippen molar-refractivity contribution in [1.82, 2.24) is 24.5 Å². The minimum Gasteiger partial charge on any atom is -0.322 e. The molecule has 7 nitrogen and oxygen atoms in total. The molecule has 0 aliphatic heterocycles. The molecule has 0 aliphatic rings. The summed E-state index contributed by atoms with van der Waals surface area (Å²) in [6.07, 6.45) is 3.36. The van der Waals surface area contributed by atoms with Gasteiger partial charge in [-0.25, -0.2) is 4.68 Å². The predicted octanol–water partition coefficient (Wildman–Crippen LogP) is 2.45. The first-order valence-electron chi connectivity index (χ1n) is 7.14. The van der Waals surface area contributed by atoms with Gasteiger partial charge in [-0.1, -0.05) is 30.3 Å². The second kappa shape index (κ2) is 6.62. The van der Waals surface area contributed by atoms with Crippen molar-refractivity contribution < 1.29 is 4.79 Å². The van der Waals surface area contributed by atoms with E-state index in [-0.39, 0.29) is 17.7 Å². The lowest BCUT2D eigenvalue weighted by atomic mass is 10.2. The molecule has 0 saturated heterocycles. The molecule has 1 aromatic carbocycles. The number of carbonyl (C=O) groups excluding carboxylic acids is 1. The minimum atomic E-state index is -0.243. The lowest BCUT2D eigenvalue weighted by molar-refractivity contribution is -0.116. The molecule has 0 saturated carbocycles. The Hall–Kier alpha value is -2.67. The highest BCUT2D eigenvalue weighted by atomic mass is 35.5. The van der Waals surface area contributed by atoms with Crippen LogP contribution in [0.15, 0.2) is 42.7 Å². The van der Waals surface area contributed by atoms with Crippen LogP contribution in [0.5, 0.6) is 0 Å². The zero-order chi connectivity index (χ0) is 16.2. The summed E-state index contributed by atoms with van der Waals surface area (Å²) in [6.45, 7) is 2.69. The third kappa shape index (κ3) is 3.57. The van der Waals surface area contributed by atoms with Gasteiger partial charge in [0.1, 0.15) is 6.54 Å². The number of aryl methyl sites for hydroxylation is 1. The fourth-order valence-corrected chi connectivity index (χ4v) is 2.25. The second-order valence-corrected chi connectivity index (χ2v) is 5.20. The van der Waals surface area contributed by atoms with Gasteiger partial charge in [-0.2, -0.15) is 10.1 Å². The number of rotatable bonds is 5. The topological polar surface area (TPSA) is 77.6 Å². The number of aromatic nitrogens is 5. The molecule has 0 unspecified atom stereocenters. The monoisotopic (exact) mass is 330 g/mol. The average molecular weight is 331 g/mol. The summed E-state index contributed by atoms with van der Waals surface area (Å²) >= 11 is 6.06. The van der Waals surface area contributed by atoms with Gasteiger partial charge in [-0.05, 0) is 18.5 Å². The molecule has 0 atom stereocenters. The van der Waals surface area contributed by atoms with Crippen molar-refractivity contribution in [1.29, 1.82) is 0 Å². The number of carbonyl (C=O) groups is 1. The number of benzene rings is 1. The lowest BCUT2D eigenvalue weighted by Crippen LogP contribution is -2.19. The zero-order valence-corrected chi connectivity index (χ0v) is 13.2. The summed E-state index contributed by atoms with van der Waals surface area (Å²) in [7, 11) is 0. The van der Waals surface area contributed by atoms with Crippen LogP contribution >= 0.6 is 11.6 Å². The number of hydrogen-bond acceptors (Lipinski definition) is 4. The summed E-state index contributed by atoms with van der Waals surface area (Å²) in [5.41, 5.74) is 1.48. The maximum Gasteiger partial charge on any atom is 0.246 e. The fraction of sp³-hybridized carbons (Fsp3) is 0.200. The van der Waals surface area contributed by atoms with Crippen molar-refractivity contribution >= 4 is 23.2 Å². The molecule has 3 aromatic rings. The van der Waals surface area contributed by atoms with Crippen LogP contribution in [-0.4, -0.2) is 30.5 Å². The van der Waals surface area contributed by atoms with Crippen molar-refractivity contribution in [2.45, 2.75) is 20.0 Å². The van der Waals surface area contributed by atoms with Crippen LogP contribution in [0, 0.1) is 0 Å². The van der Waals surface area contributed by atoms with Crippen LogP contribution in [0.25, 0.3) is 11.4 Å². The van der Waals surface area contributed by atoms with Gasteiger partial charge in [0.25, 0.3) is 0 Å². The Kier molecular flexibility index (Phi) is 4.38. The van der Waals surface area contributed by atoms with E-state index < -0.39 is 0 Å². The molecule has 0 bridgehead atoms. The van der Waals surface area contributed by atoms with Gasteiger partial charge in [0.2, 0.25) is 11.2 Å².